The standard InChI is InChI=1S/C12H22N2O/c1-9(2)5-6-10(3)13-8-12-7-11(4)15-14-12/h7,9-10,13H,5-6,8H2,1-4H3. The number of rotatable bonds is 6. The maximum Gasteiger partial charge on any atom is 0.133 e. The molecule has 3 nitrogen and oxygen atoms in total. The maximum atomic E-state index is 5.00. The number of nitrogens with one attached hydrogen (secondary N) is 1. The van der Waals surface area contributed by atoms with E-state index >= 15 is 0 Å². The van der Waals surface area contributed by atoms with Gasteiger partial charge in [-0.1, -0.05) is 19.0 Å². The third-order valence-corrected chi connectivity index (χ3v) is 2.49. The number of hydrogen-bond acceptors (Lipinski definition) is 3. The quantitative estimate of drug-likeness (QED) is 0.784. The highest BCUT2D eigenvalue weighted by Crippen LogP contribution is 2.07. The van der Waals surface area contributed by atoms with E-state index in [4.69, 9.17) is 4.52 Å². The van der Waals surface area contributed by atoms with Crippen LogP contribution in [0.1, 0.15) is 45.1 Å². The lowest BCUT2D eigenvalue weighted by molar-refractivity contribution is 0.383. The number of aryl methyl sites for hydroxylation is 1. The van der Waals surface area contributed by atoms with Crippen LogP contribution in [-0.4, -0.2) is 11.2 Å². The highest BCUT2D eigenvalue weighted by atomic mass is 16.5. The topological polar surface area (TPSA) is 38.1 Å². The van der Waals surface area contributed by atoms with Crippen molar-refractivity contribution in [3.63, 3.8) is 0 Å². The molecule has 0 saturated carbocycles. The van der Waals surface area contributed by atoms with Crippen LogP contribution < -0.4 is 5.32 Å². The first-order chi connectivity index (χ1) is 7.08. The van der Waals surface area contributed by atoms with E-state index in [9.17, 15) is 0 Å². The Morgan fingerprint density at radius 1 is 1.33 bits per heavy atom. The van der Waals surface area contributed by atoms with Crippen LogP contribution in [-0.2, 0) is 6.54 Å². The van der Waals surface area contributed by atoms with E-state index in [-0.39, 0.29) is 0 Å². The molecule has 86 valence electrons. The molecule has 1 aromatic rings. The lowest BCUT2D eigenvalue weighted by Crippen LogP contribution is -2.25. The number of nitrogens with zero attached hydrogens (tertiary/aromatic N) is 1. The summed E-state index contributed by atoms with van der Waals surface area (Å²) in [5.41, 5.74) is 0.990. The summed E-state index contributed by atoms with van der Waals surface area (Å²) in [7, 11) is 0. The van der Waals surface area contributed by atoms with Gasteiger partial charge in [-0.3, -0.25) is 0 Å². The minimum absolute atomic E-state index is 0.546. The van der Waals surface area contributed by atoms with Crippen molar-refractivity contribution in [1.29, 1.82) is 0 Å². The van der Waals surface area contributed by atoms with E-state index in [0.717, 1.165) is 23.9 Å². The summed E-state index contributed by atoms with van der Waals surface area (Å²) >= 11 is 0. The Hall–Kier alpha value is -0.830. The minimum atomic E-state index is 0.546. The van der Waals surface area contributed by atoms with Gasteiger partial charge >= 0.3 is 0 Å². The monoisotopic (exact) mass is 210 g/mol. The van der Waals surface area contributed by atoms with Gasteiger partial charge in [-0.15, -0.1) is 0 Å². The lowest BCUT2D eigenvalue weighted by atomic mass is 10.0. The summed E-state index contributed by atoms with van der Waals surface area (Å²) < 4.78 is 5.00. The molecule has 3 heteroatoms. The molecule has 0 aromatic carbocycles. The molecular formula is C12H22N2O. The van der Waals surface area contributed by atoms with Gasteiger partial charge in [-0.25, -0.2) is 0 Å². The fourth-order valence-electron chi connectivity index (χ4n) is 1.47. The molecule has 0 amide bonds. The average molecular weight is 210 g/mol. The van der Waals surface area contributed by atoms with Crippen LogP contribution in [0, 0.1) is 12.8 Å². The van der Waals surface area contributed by atoms with E-state index in [1.807, 2.05) is 13.0 Å². The zero-order valence-corrected chi connectivity index (χ0v) is 10.2. The zero-order chi connectivity index (χ0) is 11.3. The maximum absolute atomic E-state index is 5.00. The van der Waals surface area contributed by atoms with Crippen molar-refractivity contribution < 1.29 is 4.52 Å². The third-order valence-electron chi connectivity index (χ3n) is 2.49. The van der Waals surface area contributed by atoms with Gasteiger partial charge in [0, 0.05) is 18.7 Å². The molecule has 0 radical (unpaired) electrons. The molecule has 0 bridgehead atoms. The Morgan fingerprint density at radius 2 is 2.07 bits per heavy atom. The summed E-state index contributed by atoms with van der Waals surface area (Å²) in [4.78, 5) is 0. The van der Waals surface area contributed by atoms with Crippen LogP contribution in [0.4, 0.5) is 0 Å². The zero-order valence-electron chi connectivity index (χ0n) is 10.2. The van der Waals surface area contributed by atoms with Crippen molar-refractivity contribution in [1.82, 2.24) is 10.5 Å². The molecule has 1 atom stereocenters. The van der Waals surface area contributed by atoms with Crippen molar-refractivity contribution in [2.24, 2.45) is 5.92 Å². The molecule has 1 heterocycles. The third kappa shape index (κ3) is 4.98. The van der Waals surface area contributed by atoms with Gasteiger partial charge in [0.1, 0.15) is 5.76 Å². The second-order valence-corrected chi connectivity index (χ2v) is 4.68. The molecule has 0 aliphatic carbocycles. The molecule has 0 aliphatic heterocycles. The van der Waals surface area contributed by atoms with Crippen LogP contribution in [0.3, 0.4) is 0 Å². The van der Waals surface area contributed by atoms with Crippen LogP contribution in [0.25, 0.3) is 0 Å². The van der Waals surface area contributed by atoms with E-state index in [1.165, 1.54) is 12.8 Å². The summed E-state index contributed by atoms with van der Waals surface area (Å²) in [5, 5.41) is 7.39. The molecular weight excluding hydrogens is 188 g/mol. The Labute approximate surface area is 92.2 Å². The minimum Gasteiger partial charge on any atom is -0.361 e. The number of hydrogen-bond donors (Lipinski definition) is 1. The number of aromatic nitrogens is 1. The fraction of sp³-hybridized carbons (Fsp3) is 0.750. The van der Waals surface area contributed by atoms with Gasteiger partial charge in [0.15, 0.2) is 0 Å². The first-order valence-electron chi connectivity index (χ1n) is 5.73. The van der Waals surface area contributed by atoms with Crippen molar-refractivity contribution in [3.8, 4) is 0 Å². The predicted octanol–water partition coefficient (Wildman–Crippen LogP) is 2.90. The van der Waals surface area contributed by atoms with E-state index in [2.05, 4.69) is 31.2 Å². The molecule has 0 saturated heterocycles. The van der Waals surface area contributed by atoms with Crippen molar-refractivity contribution >= 4 is 0 Å². The molecule has 15 heavy (non-hydrogen) atoms. The highest BCUT2D eigenvalue weighted by Gasteiger charge is 2.05. The lowest BCUT2D eigenvalue weighted by Gasteiger charge is -2.13. The smallest absolute Gasteiger partial charge is 0.133 e. The SMILES string of the molecule is Cc1cc(CNC(C)CCC(C)C)no1. The molecule has 0 fully saturated rings. The summed E-state index contributed by atoms with van der Waals surface area (Å²) in [6, 6.07) is 2.52. The van der Waals surface area contributed by atoms with Crippen LogP contribution >= 0.6 is 0 Å². The van der Waals surface area contributed by atoms with Crippen LogP contribution in [0.15, 0.2) is 10.6 Å². The Balaban J connectivity index is 2.19. The van der Waals surface area contributed by atoms with Crippen LogP contribution in [0.5, 0.6) is 0 Å². The first kappa shape index (κ1) is 12.2. The van der Waals surface area contributed by atoms with E-state index in [0.29, 0.717) is 6.04 Å². The van der Waals surface area contributed by atoms with Gasteiger partial charge in [0.25, 0.3) is 0 Å². The van der Waals surface area contributed by atoms with Gasteiger partial charge in [0.2, 0.25) is 0 Å². The van der Waals surface area contributed by atoms with Gasteiger partial charge in [-0.2, -0.15) is 0 Å². The normalized spacial score (nSPS) is 13.4. The Kier molecular flexibility index (Phi) is 4.82. The molecule has 1 N–H and O–H groups in total. The Morgan fingerprint density at radius 3 is 2.60 bits per heavy atom. The van der Waals surface area contributed by atoms with E-state index in [1.54, 1.807) is 0 Å². The predicted molar refractivity (Wildman–Crippen MR) is 61.6 cm³/mol. The highest BCUT2D eigenvalue weighted by molar-refractivity contribution is 5.02. The summed E-state index contributed by atoms with van der Waals surface area (Å²) in [6.07, 6.45) is 2.49. The second-order valence-electron chi connectivity index (χ2n) is 4.68. The fourth-order valence-corrected chi connectivity index (χ4v) is 1.47. The summed E-state index contributed by atoms with van der Waals surface area (Å²) in [5.74, 6) is 1.66. The van der Waals surface area contributed by atoms with Gasteiger partial charge in [0.05, 0.1) is 5.69 Å². The first-order valence-corrected chi connectivity index (χ1v) is 5.73. The molecule has 1 unspecified atom stereocenters. The molecule has 1 aromatic heterocycles. The van der Waals surface area contributed by atoms with Crippen molar-refractivity contribution in [2.75, 3.05) is 0 Å². The second kappa shape index (κ2) is 5.91. The van der Waals surface area contributed by atoms with Crippen LogP contribution in [0.2, 0.25) is 0 Å². The van der Waals surface area contributed by atoms with Gasteiger partial charge < -0.3 is 9.84 Å². The largest absolute Gasteiger partial charge is 0.361 e. The molecule has 0 aliphatic rings. The van der Waals surface area contributed by atoms with Gasteiger partial charge in [-0.05, 0) is 32.6 Å². The Bertz CT molecular complexity index is 281. The van der Waals surface area contributed by atoms with Crippen molar-refractivity contribution in [2.45, 2.75) is 53.1 Å². The summed E-state index contributed by atoms with van der Waals surface area (Å²) in [6.45, 7) is 9.45. The molecule has 1 rings (SSSR count). The van der Waals surface area contributed by atoms with E-state index < -0.39 is 0 Å². The molecule has 0 spiro atoms. The average Bonchev–Trinajstić information content (AvgIpc) is 2.58. The van der Waals surface area contributed by atoms with Crippen molar-refractivity contribution in [3.05, 3.63) is 17.5 Å².